The van der Waals surface area contributed by atoms with Crippen LogP contribution in [0, 0.1) is 10.1 Å². The van der Waals surface area contributed by atoms with Crippen LogP contribution in [0.3, 0.4) is 0 Å². The first kappa shape index (κ1) is 14.4. The van der Waals surface area contributed by atoms with Crippen molar-refractivity contribution in [3.63, 3.8) is 0 Å². The van der Waals surface area contributed by atoms with Gasteiger partial charge in [-0.15, -0.1) is 5.10 Å². The number of aromatic nitrogens is 4. The lowest BCUT2D eigenvalue weighted by molar-refractivity contribution is -0.384. The molecule has 20 heavy (non-hydrogen) atoms. The smallest absolute Gasteiger partial charge is 0.297 e. The van der Waals surface area contributed by atoms with Gasteiger partial charge in [0.1, 0.15) is 11.5 Å². The zero-order chi connectivity index (χ0) is 14.7. The minimum Gasteiger partial charge on any atom is -0.370 e. The van der Waals surface area contributed by atoms with Gasteiger partial charge >= 0.3 is 0 Å². The summed E-state index contributed by atoms with van der Waals surface area (Å²) in [7, 11) is 1.66. The Hall–Kier alpha value is -2.03. The molecule has 2 heterocycles. The minimum atomic E-state index is -0.467. The van der Waals surface area contributed by atoms with E-state index in [0.717, 1.165) is 13.0 Å². The van der Waals surface area contributed by atoms with Gasteiger partial charge in [-0.25, -0.2) is 9.67 Å². The van der Waals surface area contributed by atoms with Crippen LogP contribution in [0.4, 0.5) is 11.5 Å². The number of rotatable bonds is 5. The van der Waals surface area contributed by atoms with E-state index in [1.165, 1.54) is 10.7 Å². The van der Waals surface area contributed by atoms with Crippen molar-refractivity contribution < 1.29 is 4.92 Å². The van der Waals surface area contributed by atoms with Gasteiger partial charge in [-0.1, -0.05) is 12.1 Å². The molecule has 106 valence electrons. The molecular weight excluding hydrogens is 328 g/mol. The number of nitro groups is 1. The van der Waals surface area contributed by atoms with Crippen LogP contribution in [0.5, 0.6) is 0 Å². The number of anilines is 1. The molecule has 0 atom stereocenters. The monoisotopic (exact) mass is 340 g/mol. The molecule has 2 rings (SSSR count). The average Bonchev–Trinajstić information content (AvgIpc) is 2.75. The van der Waals surface area contributed by atoms with Crippen molar-refractivity contribution in [2.24, 2.45) is 7.05 Å². The zero-order valence-electron chi connectivity index (χ0n) is 11.0. The molecule has 0 bridgehead atoms. The molecule has 0 aromatic carbocycles. The Kier molecular flexibility index (Phi) is 4.28. The quantitative estimate of drug-likeness (QED) is 0.662. The van der Waals surface area contributed by atoms with Crippen LogP contribution in [-0.4, -0.2) is 31.4 Å². The van der Waals surface area contributed by atoms with E-state index in [1.807, 2.05) is 6.92 Å². The number of hydrogen-bond donors (Lipinski definition) is 1. The predicted octanol–water partition coefficient (Wildman–Crippen LogP) is 2.37. The third-order valence-electron chi connectivity index (χ3n) is 2.64. The fraction of sp³-hybridized carbons (Fsp3) is 0.364. The van der Waals surface area contributed by atoms with Crippen LogP contribution < -0.4 is 5.32 Å². The van der Waals surface area contributed by atoms with Gasteiger partial charge in [-0.3, -0.25) is 10.1 Å². The van der Waals surface area contributed by atoms with E-state index in [-0.39, 0.29) is 11.4 Å². The zero-order valence-corrected chi connectivity index (χ0v) is 12.6. The topological polar surface area (TPSA) is 98.8 Å². The molecular formula is C11H13BrN6O2. The third-order valence-corrected chi connectivity index (χ3v) is 3.17. The minimum absolute atomic E-state index is 0.0850. The maximum Gasteiger partial charge on any atom is 0.297 e. The fourth-order valence-electron chi connectivity index (χ4n) is 1.71. The summed E-state index contributed by atoms with van der Waals surface area (Å²) >= 11 is 3.24. The number of aryl methyl sites for hydroxylation is 1. The van der Waals surface area contributed by atoms with Crippen molar-refractivity contribution in [1.82, 2.24) is 20.0 Å². The fourth-order valence-corrected chi connectivity index (χ4v) is 2.22. The number of pyridine rings is 1. The van der Waals surface area contributed by atoms with Crippen LogP contribution in [-0.2, 0) is 7.05 Å². The molecule has 0 saturated carbocycles. The molecule has 0 amide bonds. The summed E-state index contributed by atoms with van der Waals surface area (Å²) in [6, 6.07) is 3.02. The second-order valence-electron chi connectivity index (χ2n) is 4.10. The largest absolute Gasteiger partial charge is 0.370 e. The molecule has 0 aliphatic rings. The Bertz CT molecular complexity index is 622. The van der Waals surface area contributed by atoms with E-state index in [0.29, 0.717) is 16.1 Å². The van der Waals surface area contributed by atoms with Crippen LogP contribution in [0.2, 0.25) is 0 Å². The lowest BCUT2D eigenvalue weighted by atomic mass is 10.2. The van der Waals surface area contributed by atoms with Gasteiger partial charge < -0.3 is 5.32 Å². The van der Waals surface area contributed by atoms with Gasteiger partial charge in [0.15, 0.2) is 10.3 Å². The van der Waals surface area contributed by atoms with Crippen molar-refractivity contribution in [3.8, 4) is 11.4 Å². The molecule has 0 saturated heterocycles. The van der Waals surface area contributed by atoms with Crippen molar-refractivity contribution in [3.05, 3.63) is 26.9 Å². The van der Waals surface area contributed by atoms with Crippen LogP contribution >= 0.6 is 15.9 Å². The number of nitrogens with one attached hydrogen (secondary N) is 1. The second kappa shape index (κ2) is 5.95. The van der Waals surface area contributed by atoms with E-state index >= 15 is 0 Å². The highest BCUT2D eigenvalue weighted by molar-refractivity contribution is 9.10. The van der Waals surface area contributed by atoms with E-state index in [4.69, 9.17) is 0 Å². The van der Waals surface area contributed by atoms with E-state index in [2.05, 4.69) is 36.5 Å². The number of nitrogens with zero attached hydrogens (tertiary/aromatic N) is 5. The summed E-state index contributed by atoms with van der Waals surface area (Å²) < 4.78 is 1.87. The summed E-state index contributed by atoms with van der Waals surface area (Å²) in [5, 5.41) is 21.9. The maximum atomic E-state index is 11.1. The Labute approximate surface area is 123 Å². The Balaban J connectivity index is 2.55. The van der Waals surface area contributed by atoms with Gasteiger partial charge in [0, 0.05) is 19.7 Å². The Morgan fingerprint density at radius 3 is 2.80 bits per heavy atom. The van der Waals surface area contributed by atoms with Gasteiger partial charge in [0.2, 0.25) is 0 Å². The molecule has 2 aromatic rings. The van der Waals surface area contributed by atoms with Crippen molar-refractivity contribution in [2.45, 2.75) is 13.3 Å². The van der Waals surface area contributed by atoms with Crippen molar-refractivity contribution in [2.75, 3.05) is 11.9 Å². The molecule has 8 nitrogen and oxygen atoms in total. The lowest BCUT2D eigenvalue weighted by Crippen LogP contribution is -2.05. The van der Waals surface area contributed by atoms with Gasteiger partial charge in [0.05, 0.1) is 4.92 Å². The Morgan fingerprint density at radius 2 is 2.25 bits per heavy atom. The first-order valence-electron chi connectivity index (χ1n) is 5.99. The van der Waals surface area contributed by atoms with Gasteiger partial charge in [-0.05, 0) is 28.4 Å². The summed E-state index contributed by atoms with van der Waals surface area (Å²) in [4.78, 5) is 15.0. The van der Waals surface area contributed by atoms with E-state index < -0.39 is 4.92 Å². The second-order valence-corrected chi connectivity index (χ2v) is 4.85. The summed E-state index contributed by atoms with van der Waals surface area (Å²) in [6.45, 7) is 2.77. The Morgan fingerprint density at radius 1 is 1.50 bits per heavy atom. The highest BCUT2D eigenvalue weighted by Gasteiger charge is 2.23. The molecule has 2 aromatic heterocycles. The molecule has 0 radical (unpaired) electrons. The predicted molar refractivity (Wildman–Crippen MR) is 77.4 cm³/mol. The van der Waals surface area contributed by atoms with Gasteiger partial charge in [-0.2, -0.15) is 0 Å². The molecule has 0 fully saturated rings. The normalized spacial score (nSPS) is 10.6. The summed E-state index contributed by atoms with van der Waals surface area (Å²) in [5.41, 5.74) is 0.616. The molecule has 9 heteroatoms. The van der Waals surface area contributed by atoms with Crippen LogP contribution in [0.15, 0.2) is 16.7 Å². The highest BCUT2D eigenvalue weighted by Crippen LogP contribution is 2.32. The summed E-state index contributed by atoms with van der Waals surface area (Å²) in [6.07, 6.45) is 0.935. The highest BCUT2D eigenvalue weighted by atomic mass is 79.9. The number of halogens is 1. The maximum absolute atomic E-state index is 11.1. The van der Waals surface area contributed by atoms with Gasteiger partial charge in [0.25, 0.3) is 5.69 Å². The average molecular weight is 341 g/mol. The van der Waals surface area contributed by atoms with E-state index in [1.54, 1.807) is 13.1 Å². The SMILES string of the molecule is CCCNc1ccc([N+](=O)[O-])c(-c2c(Br)nnn2C)n1. The van der Waals surface area contributed by atoms with Crippen LogP contribution in [0.1, 0.15) is 13.3 Å². The molecule has 0 spiro atoms. The first-order chi connectivity index (χ1) is 9.54. The third kappa shape index (κ3) is 2.77. The number of hydrogen-bond acceptors (Lipinski definition) is 6. The molecule has 0 aliphatic carbocycles. The van der Waals surface area contributed by atoms with E-state index in [9.17, 15) is 10.1 Å². The lowest BCUT2D eigenvalue weighted by Gasteiger charge is -2.07. The first-order valence-corrected chi connectivity index (χ1v) is 6.78. The summed E-state index contributed by atoms with van der Waals surface area (Å²) in [5.74, 6) is 0.584. The van der Waals surface area contributed by atoms with Crippen LogP contribution in [0.25, 0.3) is 11.4 Å². The van der Waals surface area contributed by atoms with Crippen molar-refractivity contribution >= 4 is 27.4 Å². The molecule has 0 unspecified atom stereocenters. The molecule has 1 N–H and O–H groups in total. The molecule has 0 aliphatic heterocycles. The van der Waals surface area contributed by atoms with Crippen molar-refractivity contribution in [1.29, 1.82) is 0 Å². The standard InChI is InChI=1S/C11H13BrN6O2/c1-3-6-13-8-5-4-7(18(19)20)9(14-8)10-11(12)15-16-17(10)2/h4-5H,3,6H2,1-2H3,(H,13,14).